The number of nitrogens with zero attached hydrogens (tertiary/aromatic N) is 3. The maximum absolute atomic E-state index is 15.0. The van der Waals surface area contributed by atoms with E-state index in [1.807, 2.05) is 60.7 Å². The van der Waals surface area contributed by atoms with E-state index in [9.17, 15) is 25.1 Å². The highest BCUT2D eigenvalue weighted by Crippen LogP contribution is 2.62. The molecule has 1 fully saturated rings. The summed E-state index contributed by atoms with van der Waals surface area (Å²) in [4.78, 5) is 45.8. The number of amides is 1. The minimum Gasteiger partial charge on any atom is -0.459 e. The number of ether oxygens (including phenoxy) is 4. The Bertz CT molecular complexity index is 2750. The van der Waals surface area contributed by atoms with Gasteiger partial charge in [0.25, 0.3) is 5.69 Å². The van der Waals surface area contributed by atoms with Crippen LogP contribution >= 0.6 is 0 Å². The molecule has 5 aromatic carbocycles. The summed E-state index contributed by atoms with van der Waals surface area (Å²) in [6.45, 7) is 8.25. The number of carbonyl (C=O) groups is 2. The zero-order chi connectivity index (χ0) is 49.7. The van der Waals surface area contributed by atoms with Crippen LogP contribution in [-0.4, -0.2) is 76.4 Å². The van der Waals surface area contributed by atoms with Gasteiger partial charge in [0.05, 0.1) is 36.3 Å². The van der Waals surface area contributed by atoms with Crippen molar-refractivity contribution in [1.29, 1.82) is 0 Å². The summed E-state index contributed by atoms with van der Waals surface area (Å²) in [5.41, 5.74) is 4.21. The van der Waals surface area contributed by atoms with E-state index in [4.69, 9.17) is 28.9 Å². The summed E-state index contributed by atoms with van der Waals surface area (Å²) >= 11 is 0. The first-order valence-electron chi connectivity index (χ1n) is 24.4. The molecule has 14 nitrogen and oxygen atoms in total. The number of oxime groups is 1. The number of aliphatic hydroxyl groups excluding tert-OH is 2. The van der Waals surface area contributed by atoms with Gasteiger partial charge in [-0.3, -0.25) is 19.8 Å². The van der Waals surface area contributed by atoms with Gasteiger partial charge in [-0.15, -0.1) is 13.2 Å². The minimum absolute atomic E-state index is 0.00397. The number of nitro groups is 1. The lowest BCUT2D eigenvalue weighted by Crippen LogP contribution is -2.70. The van der Waals surface area contributed by atoms with Crippen molar-refractivity contribution in [2.45, 2.75) is 82.3 Å². The van der Waals surface area contributed by atoms with E-state index >= 15 is 4.79 Å². The van der Waals surface area contributed by atoms with Crippen LogP contribution in [0.1, 0.15) is 84.3 Å². The smallest absolute Gasteiger partial charge is 0.410 e. The molecule has 2 aliphatic carbocycles. The van der Waals surface area contributed by atoms with Crippen LogP contribution in [0.15, 0.2) is 151 Å². The van der Waals surface area contributed by atoms with Crippen molar-refractivity contribution in [3.8, 4) is 17.2 Å². The zero-order valence-electron chi connectivity index (χ0n) is 39.8. The van der Waals surface area contributed by atoms with E-state index in [2.05, 4.69) is 19.2 Å². The van der Waals surface area contributed by atoms with Gasteiger partial charge in [0.15, 0.2) is 0 Å². The average Bonchev–Trinajstić information content (AvgIpc) is 3.39. The van der Waals surface area contributed by atoms with Gasteiger partial charge in [-0.25, -0.2) is 4.79 Å². The fourth-order valence-electron chi connectivity index (χ4n) is 10.6. The Morgan fingerprint density at radius 1 is 0.901 bits per heavy atom. The number of hydrogen-bond acceptors (Lipinski definition) is 12. The summed E-state index contributed by atoms with van der Waals surface area (Å²) in [5, 5.41) is 38.5. The fourth-order valence-corrected chi connectivity index (χ4v) is 10.6. The number of carbonyl (C=O) groups excluding carboxylic acids is 2. The number of aliphatic hydroxyl groups is 2. The molecule has 6 unspecified atom stereocenters. The van der Waals surface area contributed by atoms with E-state index in [1.165, 1.54) is 12.1 Å². The van der Waals surface area contributed by atoms with E-state index < -0.39 is 28.8 Å². The summed E-state index contributed by atoms with van der Waals surface area (Å²) in [6, 6.07) is 31.8. The molecule has 1 heterocycles. The Morgan fingerprint density at radius 2 is 1.66 bits per heavy atom. The van der Waals surface area contributed by atoms with Gasteiger partial charge < -0.3 is 34.0 Å². The van der Waals surface area contributed by atoms with Crippen LogP contribution in [0.5, 0.6) is 17.2 Å². The molecule has 2 N–H and O–H groups in total. The third-order valence-corrected chi connectivity index (χ3v) is 13.8. The Kier molecular flexibility index (Phi) is 16.7. The predicted octanol–water partition coefficient (Wildman–Crippen LogP) is 11.4. The highest BCUT2D eigenvalue weighted by Gasteiger charge is 2.65. The molecule has 0 saturated heterocycles. The fraction of sp³-hybridized carbons (Fsp3) is 0.351. The van der Waals surface area contributed by atoms with Gasteiger partial charge in [-0.1, -0.05) is 90.8 Å². The summed E-state index contributed by atoms with van der Waals surface area (Å²) in [6.07, 6.45) is 10.5. The van der Waals surface area contributed by atoms with Crippen molar-refractivity contribution in [1.82, 2.24) is 4.90 Å². The largest absolute Gasteiger partial charge is 0.459 e. The van der Waals surface area contributed by atoms with Crippen LogP contribution in [0, 0.1) is 27.9 Å². The van der Waals surface area contributed by atoms with Crippen LogP contribution in [0.2, 0.25) is 0 Å². The predicted molar refractivity (Wildman–Crippen MR) is 270 cm³/mol. The number of nitro benzene ring substituents is 1. The molecule has 0 radical (unpaired) electrons. The lowest BCUT2D eigenvalue weighted by molar-refractivity contribution is -0.384. The van der Waals surface area contributed by atoms with Crippen molar-refractivity contribution in [2.24, 2.45) is 22.9 Å². The first-order valence-corrected chi connectivity index (χ1v) is 24.4. The third-order valence-electron chi connectivity index (χ3n) is 13.8. The molecule has 14 heteroatoms. The number of benzene rings is 5. The number of allylic oxidation sites excluding steroid dienone is 1. The van der Waals surface area contributed by atoms with Gasteiger partial charge in [0.2, 0.25) is 5.79 Å². The number of rotatable bonds is 24. The second-order valence-corrected chi connectivity index (χ2v) is 18.2. The molecule has 71 heavy (non-hydrogen) atoms. The molecule has 8 rings (SSSR count). The maximum atomic E-state index is 15.0. The normalized spacial score (nSPS) is 21.5. The van der Waals surface area contributed by atoms with E-state index in [-0.39, 0.29) is 69.4 Å². The summed E-state index contributed by atoms with van der Waals surface area (Å²) < 4.78 is 27.2. The molecule has 6 atom stereocenters. The number of hydrogen-bond donors (Lipinski definition) is 2. The van der Waals surface area contributed by atoms with Gasteiger partial charge in [0, 0.05) is 48.8 Å². The molecule has 1 saturated carbocycles. The lowest BCUT2D eigenvalue weighted by Gasteiger charge is -2.59. The molecule has 0 spiro atoms. The van der Waals surface area contributed by atoms with Gasteiger partial charge in [-0.2, -0.15) is 0 Å². The van der Waals surface area contributed by atoms with Gasteiger partial charge in [-0.05, 0) is 114 Å². The number of aldehydes is 1. The van der Waals surface area contributed by atoms with Crippen LogP contribution in [-0.2, 0) is 27.5 Å². The van der Waals surface area contributed by atoms with Crippen molar-refractivity contribution in [2.75, 3.05) is 26.4 Å². The SMILES string of the molecule is C=CCCOC(=O)N(Cc1cccc2ccccc12)C1CC(=NOCc2ccc([N+](=O)[O-])cc2)C2=CC(CCCCO)C(CCCCO)C3c4cc(Oc5cccc(C=O)c5)ccc4OC1(OCC=C)C23. The number of fused-ring (bicyclic) bond motifs is 3. The van der Waals surface area contributed by atoms with Crippen molar-refractivity contribution >= 4 is 34.6 Å². The second-order valence-electron chi connectivity index (χ2n) is 18.2. The van der Waals surface area contributed by atoms with Crippen molar-refractivity contribution in [3.63, 3.8) is 0 Å². The molecule has 370 valence electrons. The number of non-ortho nitro benzene ring substituents is 1. The Balaban J connectivity index is 1.35. The van der Waals surface area contributed by atoms with Crippen molar-refractivity contribution < 1.29 is 48.5 Å². The highest BCUT2D eigenvalue weighted by molar-refractivity contribution is 6.03. The van der Waals surface area contributed by atoms with Gasteiger partial charge in [0.1, 0.15) is 36.2 Å². The standard InChI is InChI=1S/C57H61N3O11/c1-3-5-31-67-56(64)59(36-43-18-13-17-41-15-6-7-20-47(41)43)53-35-51(58-69-38-39-22-24-44(25-23-39)60(65)66)49-33-42(16-8-10-28-61)48(21-9-11-29-62)54-50-34-46(70-45-19-12-14-40(32-45)37-63)26-27-52(50)71-57(53,55(49)54)68-30-4-2/h3-4,6-7,12-15,17-20,22-27,32-34,37,42,48,53-55,61-62H,1-2,5,8-11,16,21,28-31,35-36,38H2. The Labute approximate surface area is 414 Å². The number of unbranched alkanes of at least 4 members (excludes halogenated alkanes) is 2. The van der Waals surface area contributed by atoms with Crippen LogP contribution < -0.4 is 9.47 Å². The van der Waals surface area contributed by atoms with E-state index in [0.717, 1.165) is 59.4 Å². The third kappa shape index (κ3) is 11.3. The molecule has 1 amide bonds. The first-order chi connectivity index (χ1) is 34.7. The Morgan fingerprint density at radius 3 is 2.42 bits per heavy atom. The average molecular weight is 964 g/mol. The molecule has 5 aromatic rings. The van der Waals surface area contributed by atoms with Crippen LogP contribution in [0.25, 0.3) is 10.8 Å². The Hall–Kier alpha value is -7.13. The van der Waals surface area contributed by atoms with Crippen molar-refractivity contribution in [3.05, 3.63) is 179 Å². The van der Waals surface area contributed by atoms with Gasteiger partial charge >= 0.3 is 6.09 Å². The molecular weight excluding hydrogens is 903 g/mol. The molecule has 0 aromatic heterocycles. The molecule has 1 aliphatic heterocycles. The topological polar surface area (TPSA) is 179 Å². The lowest BCUT2D eigenvalue weighted by atomic mass is 9.55. The highest BCUT2D eigenvalue weighted by atomic mass is 16.7. The molecule has 0 bridgehead atoms. The maximum Gasteiger partial charge on any atom is 0.410 e. The summed E-state index contributed by atoms with van der Waals surface area (Å²) in [5.74, 6) is -1.13. The monoisotopic (exact) mass is 963 g/mol. The second kappa shape index (κ2) is 23.7. The quantitative estimate of drug-likeness (QED) is 0.0198. The first kappa shape index (κ1) is 50.3. The van der Waals surface area contributed by atoms with E-state index in [0.29, 0.717) is 53.3 Å². The van der Waals surface area contributed by atoms with E-state index in [1.54, 1.807) is 53.5 Å². The molecular formula is C57H61N3O11. The van der Waals surface area contributed by atoms with Crippen LogP contribution in [0.4, 0.5) is 10.5 Å². The molecule has 3 aliphatic rings. The summed E-state index contributed by atoms with van der Waals surface area (Å²) in [7, 11) is 0. The zero-order valence-corrected chi connectivity index (χ0v) is 39.8. The minimum atomic E-state index is -1.58. The van der Waals surface area contributed by atoms with Crippen LogP contribution in [0.3, 0.4) is 0 Å².